The quantitative estimate of drug-likeness (QED) is 0.604. The molecule has 0 saturated carbocycles. The van der Waals surface area contributed by atoms with E-state index < -0.39 is 10.0 Å². The van der Waals surface area contributed by atoms with Gasteiger partial charge in [0.2, 0.25) is 15.9 Å². The summed E-state index contributed by atoms with van der Waals surface area (Å²) >= 11 is 8.80. The molecule has 0 bridgehead atoms. The average molecular weight is 428 g/mol. The minimum Gasteiger partial charge on any atom is -0.325 e. The van der Waals surface area contributed by atoms with E-state index in [9.17, 15) is 13.2 Å². The largest absolute Gasteiger partial charge is 0.325 e. The predicted octanol–water partition coefficient (Wildman–Crippen LogP) is 3.72. The van der Waals surface area contributed by atoms with Crippen molar-refractivity contribution in [2.24, 2.45) is 5.14 Å². The zero-order chi connectivity index (χ0) is 18.9. The first-order chi connectivity index (χ1) is 12.2. The van der Waals surface area contributed by atoms with Crippen LogP contribution in [0.1, 0.15) is 6.92 Å². The molecular formula is C16H14ClN3O3S3. The number of carbonyl (C=O) groups excluding carboxylic acids is 1. The fourth-order valence-electron chi connectivity index (χ4n) is 2.11. The number of benzene rings is 2. The number of thiazole rings is 1. The van der Waals surface area contributed by atoms with Gasteiger partial charge in [-0.2, -0.15) is 0 Å². The number of rotatable bonds is 5. The number of hydrogen-bond acceptors (Lipinski definition) is 6. The van der Waals surface area contributed by atoms with Gasteiger partial charge in [-0.15, -0.1) is 11.3 Å². The molecule has 0 aliphatic heterocycles. The van der Waals surface area contributed by atoms with Gasteiger partial charge in [0.25, 0.3) is 0 Å². The molecule has 26 heavy (non-hydrogen) atoms. The van der Waals surface area contributed by atoms with Crippen molar-refractivity contribution in [3.63, 3.8) is 0 Å². The number of nitrogens with two attached hydrogens (primary N) is 1. The highest BCUT2D eigenvalue weighted by atomic mass is 35.5. The van der Waals surface area contributed by atoms with Crippen molar-refractivity contribution in [3.05, 3.63) is 47.5 Å². The molecule has 136 valence electrons. The number of carbonyl (C=O) groups is 1. The molecular weight excluding hydrogens is 414 g/mol. The molecule has 0 fully saturated rings. The van der Waals surface area contributed by atoms with Crippen LogP contribution in [0.5, 0.6) is 0 Å². The van der Waals surface area contributed by atoms with E-state index in [1.165, 1.54) is 47.4 Å². The molecule has 3 N–H and O–H groups in total. The van der Waals surface area contributed by atoms with Crippen LogP contribution < -0.4 is 10.5 Å². The lowest BCUT2D eigenvalue weighted by Gasteiger charge is -2.10. The standard InChI is InChI=1S/C16H14ClN3O3S3/c1-9(24-16-20-13-8-10(17)2-7-14(13)25-16)15(21)19-11-3-5-12(6-4-11)26(18,22)23/h2-9H,1H3,(H,19,21)(H2,18,22,23)/t9-/m0/s1. The fraction of sp³-hybridized carbons (Fsp3) is 0.125. The number of nitrogens with zero attached hydrogens (tertiary/aromatic N) is 1. The van der Waals surface area contributed by atoms with E-state index >= 15 is 0 Å². The summed E-state index contributed by atoms with van der Waals surface area (Å²) in [5.41, 5.74) is 1.29. The van der Waals surface area contributed by atoms with Crippen LogP contribution in [0.15, 0.2) is 51.7 Å². The minimum absolute atomic E-state index is 0.00828. The minimum atomic E-state index is -3.75. The molecule has 0 aliphatic rings. The molecule has 3 aromatic rings. The Balaban J connectivity index is 1.67. The number of halogens is 1. The average Bonchev–Trinajstić information content (AvgIpc) is 2.95. The molecule has 10 heteroatoms. The van der Waals surface area contributed by atoms with Gasteiger partial charge < -0.3 is 5.32 Å². The Hall–Kier alpha value is -1.65. The molecule has 0 radical (unpaired) electrons. The zero-order valence-electron chi connectivity index (χ0n) is 13.5. The summed E-state index contributed by atoms with van der Waals surface area (Å²) < 4.78 is 24.3. The lowest BCUT2D eigenvalue weighted by molar-refractivity contribution is -0.115. The number of anilines is 1. The Morgan fingerprint density at radius 3 is 2.62 bits per heavy atom. The second-order valence-corrected chi connectivity index (χ2v) is 10.0. The molecule has 0 saturated heterocycles. The van der Waals surface area contributed by atoms with Crippen LogP contribution in [-0.2, 0) is 14.8 Å². The Morgan fingerprint density at radius 1 is 1.27 bits per heavy atom. The number of fused-ring (bicyclic) bond motifs is 1. The van der Waals surface area contributed by atoms with Crippen LogP contribution >= 0.6 is 34.7 Å². The van der Waals surface area contributed by atoms with Gasteiger partial charge in [-0.05, 0) is 49.4 Å². The third-order valence-electron chi connectivity index (χ3n) is 3.43. The van der Waals surface area contributed by atoms with Crippen molar-refractivity contribution < 1.29 is 13.2 Å². The van der Waals surface area contributed by atoms with Gasteiger partial charge >= 0.3 is 0 Å². The van der Waals surface area contributed by atoms with E-state index in [-0.39, 0.29) is 16.1 Å². The SMILES string of the molecule is C[C@H](Sc1nc2cc(Cl)ccc2s1)C(=O)Nc1ccc(S(N)(=O)=O)cc1. The number of amides is 1. The van der Waals surface area contributed by atoms with E-state index in [4.69, 9.17) is 16.7 Å². The van der Waals surface area contributed by atoms with Gasteiger partial charge in [0.05, 0.1) is 20.4 Å². The second-order valence-electron chi connectivity index (χ2n) is 5.41. The monoisotopic (exact) mass is 427 g/mol. The summed E-state index contributed by atoms with van der Waals surface area (Å²) in [5, 5.41) is 8.03. The second kappa shape index (κ2) is 7.53. The number of thioether (sulfide) groups is 1. The molecule has 1 amide bonds. The number of sulfonamides is 1. The number of hydrogen-bond donors (Lipinski definition) is 2. The molecule has 1 aromatic heterocycles. The summed E-state index contributed by atoms with van der Waals surface area (Å²) in [6, 6.07) is 11.2. The van der Waals surface area contributed by atoms with E-state index in [0.717, 1.165) is 14.6 Å². The highest BCUT2D eigenvalue weighted by molar-refractivity contribution is 8.02. The lowest BCUT2D eigenvalue weighted by atomic mass is 10.3. The highest BCUT2D eigenvalue weighted by Crippen LogP contribution is 2.33. The first-order valence-electron chi connectivity index (χ1n) is 7.39. The van der Waals surface area contributed by atoms with Crippen LogP contribution in [0, 0.1) is 0 Å². The zero-order valence-corrected chi connectivity index (χ0v) is 16.7. The predicted molar refractivity (Wildman–Crippen MR) is 106 cm³/mol. The van der Waals surface area contributed by atoms with Crippen molar-refractivity contribution in [2.45, 2.75) is 21.4 Å². The van der Waals surface area contributed by atoms with Gasteiger partial charge in [0.1, 0.15) is 0 Å². The number of nitrogens with one attached hydrogen (secondary N) is 1. The van der Waals surface area contributed by atoms with Crippen molar-refractivity contribution in [1.29, 1.82) is 0 Å². The fourth-order valence-corrected chi connectivity index (χ4v) is 4.98. The number of aromatic nitrogens is 1. The molecule has 0 aliphatic carbocycles. The highest BCUT2D eigenvalue weighted by Gasteiger charge is 2.17. The molecule has 2 aromatic carbocycles. The Labute approximate surface area is 163 Å². The van der Waals surface area contributed by atoms with Crippen molar-refractivity contribution in [1.82, 2.24) is 4.98 Å². The van der Waals surface area contributed by atoms with Gasteiger partial charge in [-0.25, -0.2) is 18.5 Å². The van der Waals surface area contributed by atoms with Crippen LogP contribution in [0.3, 0.4) is 0 Å². The van der Waals surface area contributed by atoms with Crippen molar-refractivity contribution >= 4 is 66.5 Å². The maximum absolute atomic E-state index is 12.3. The van der Waals surface area contributed by atoms with Gasteiger partial charge in [-0.1, -0.05) is 23.4 Å². The summed E-state index contributed by atoms with van der Waals surface area (Å²) in [4.78, 5) is 16.8. The third-order valence-corrected chi connectivity index (χ3v) is 6.82. The molecule has 0 spiro atoms. The first-order valence-corrected chi connectivity index (χ1v) is 11.0. The van der Waals surface area contributed by atoms with E-state index in [1.54, 1.807) is 19.1 Å². The molecule has 1 heterocycles. The maximum atomic E-state index is 12.3. The summed E-state index contributed by atoms with van der Waals surface area (Å²) in [5.74, 6) is -0.212. The molecule has 0 unspecified atom stereocenters. The van der Waals surface area contributed by atoms with Gasteiger partial charge in [-0.3, -0.25) is 4.79 Å². The normalized spacial score (nSPS) is 12.9. The van der Waals surface area contributed by atoms with Crippen molar-refractivity contribution in [3.8, 4) is 0 Å². The maximum Gasteiger partial charge on any atom is 0.238 e. The lowest BCUT2D eigenvalue weighted by Crippen LogP contribution is -2.22. The summed E-state index contributed by atoms with van der Waals surface area (Å²) in [6.45, 7) is 1.78. The van der Waals surface area contributed by atoms with Crippen LogP contribution in [0.4, 0.5) is 5.69 Å². The molecule has 3 rings (SSSR count). The van der Waals surface area contributed by atoms with Crippen molar-refractivity contribution in [2.75, 3.05) is 5.32 Å². The smallest absolute Gasteiger partial charge is 0.238 e. The Kier molecular flexibility index (Phi) is 5.54. The molecule has 1 atom stereocenters. The van der Waals surface area contributed by atoms with E-state index in [0.29, 0.717) is 10.7 Å². The Morgan fingerprint density at radius 2 is 1.96 bits per heavy atom. The number of primary sulfonamides is 1. The van der Waals surface area contributed by atoms with E-state index in [2.05, 4.69) is 10.3 Å². The summed E-state index contributed by atoms with van der Waals surface area (Å²) in [7, 11) is -3.75. The van der Waals surface area contributed by atoms with Gasteiger partial charge in [0, 0.05) is 10.7 Å². The molecule has 6 nitrogen and oxygen atoms in total. The Bertz CT molecular complexity index is 1070. The van der Waals surface area contributed by atoms with Gasteiger partial charge in [0.15, 0.2) is 4.34 Å². The summed E-state index contributed by atoms with van der Waals surface area (Å²) in [6.07, 6.45) is 0. The third kappa shape index (κ3) is 4.54. The van der Waals surface area contributed by atoms with Crippen LogP contribution in [-0.4, -0.2) is 24.6 Å². The van der Waals surface area contributed by atoms with E-state index in [1.807, 2.05) is 6.07 Å². The van der Waals surface area contributed by atoms with Crippen LogP contribution in [0.2, 0.25) is 5.02 Å². The topological polar surface area (TPSA) is 102 Å². The van der Waals surface area contributed by atoms with Crippen LogP contribution in [0.25, 0.3) is 10.2 Å². The first kappa shape index (κ1) is 19.1.